The first-order valence-electron chi connectivity index (χ1n) is 19.7. The highest BCUT2D eigenvalue weighted by Crippen LogP contribution is 2.24. The average molecular weight is 885 g/mol. The van der Waals surface area contributed by atoms with Crippen LogP contribution in [0.15, 0.2) is 108 Å². The second-order valence-corrected chi connectivity index (χ2v) is 14.7. The molecule has 0 fully saturated rings. The van der Waals surface area contributed by atoms with Crippen molar-refractivity contribution < 1.29 is 51.0 Å². The molecule has 334 valence electrons. The first kappa shape index (κ1) is 45.9. The Balaban J connectivity index is 1.29. The number of likely N-dealkylation sites (N-methyl/N-ethyl adjacent to an activating group) is 2. The minimum Gasteiger partial charge on any atom is -0.497 e. The molecular weight excluding hydrogens is 841 g/mol. The number of anilines is 2. The quantitative estimate of drug-likeness (QED) is 0.119. The van der Waals surface area contributed by atoms with Gasteiger partial charge in [-0.05, 0) is 96.1 Å². The number of hydrogen-bond acceptors (Lipinski definition) is 8. The Bertz CT molecular complexity index is 2700. The molecule has 0 unspecified atom stereocenters. The minimum absolute atomic E-state index is 0.0679. The van der Waals surface area contributed by atoms with E-state index in [-0.39, 0.29) is 35.0 Å². The van der Waals surface area contributed by atoms with Crippen molar-refractivity contribution in [1.82, 2.24) is 19.8 Å². The summed E-state index contributed by atoms with van der Waals surface area (Å²) in [5, 5.41) is 5.23. The topological polar surface area (TPSA) is 153 Å². The van der Waals surface area contributed by atoms with Gasteiger partial charge in [0.1, 0.15) is 65.7 Å². The zero-order valence-electron chi connectivity index (χ0n) is 35.4. The van der Waals surface area contributed by atoms with E-state index in [1.54, 1.807) is 48.5 Å². The van der Waals surface area contributed by atoms with Crippen molar-refractivity contribution in [3.05, 3.63) is 148 Å². The largest absolute Gasteiger partial charge is 0.497 e. The van der Waals surface area contributed by atoms with E-state index < -0.39 is 77.8 Å². The fourth-order valence-electron chi connectivity index (χ4n) is 7.16. The molecule has 18 heteroatoms. The van der Waals surface area contributed by atoms with Gasteiger partial charge in [-0.2, -0.15) is 0 Å². The number of carbonyl (C=O) groups is 4. The van der Waals surface area contributed by atoms with Gasteiger partial charge in [0.05, 0.1) is 32.4 Å². The van der Waals surface area contributed by atoms with Crippen molar-refractivity contribution in [3.8, 4) is 17.2 Å². The van der Waals surface area contributed by atoms with Crippen LogP contribution in [-0.4, -0.2) is 80.3 Å². The number of nitrogens with zero attached hydrogens (tertiary/aromatic N) is 4. The molecule has 2 N–H and O–H groups in total. The number of hydrogen-bond donors (Lipinski definition) is 2. The highest BCUT2D eigenvalue weighted by Gasteiger charge is 2.29. The summed E-state index contributed by atoms with van der Waals surface area (Å²) in [6.45, 7) is -1.37. The van der Waals surface area contributed by atoms with Crippen LogP contribution in [0, 0.1) is 23.3 Å². The molecule has 1 heterocycles. The van der Waals surface area contributed by atoms with Crippen LogP contribution in [0.3, 0.4) is 0 Å². The minimum atomic E-state index is -1.39. The summed E-state index contributed by atoms with van der Waals surface area (Å²) in [7, 11) is 7.25. The number of halogens is 4. The van der Waals surface area contributed by atoms with E-state index in [0.29, 0.717) is 40.8 Å². The van der Waals surface area contributed by atoms with Crippen molar-refractivity contribution in [1.29, 1.82) is 0 Å². The number of benzene rings is 5. The molecular formula is C46H44F4N6O8. The van der Waals surface area contributed by atoms with Gasteiger partial charge in [0, 0.05) is 56.5 Å². The van der Waals surface area contributed by atoms with Gasteiger partial charge in [-0.15, -0.1) is 0 Å². The number of aromatic nitrogens is 2. The first-order valence-corrected chi connectivity index (χ1v) is 19.7. The van der Waals surface area contributed by atoms with Crippen molar-refractivity contribution in [3.63, 3.8) is 0 Å². The van der Waals surface area contributed by atoms with Gasteiger partial charge in [-0.3, -0.25) is 28.3 Å². The molecule has 1 aromatic heterocycles. The summed E-state index contributed by atoms with van der Waals surface area (Å²) >= 11 is 0. The number of carbonyl (C=O) groups excluding carboxylic acids is 4. The van der Waals surface area contributed by atoms with E-state index in [1.165, 1.54) is 63.4 Å². The molecule has 64 heavy (non-hydrogen) atoms. The average Bonchev–Trinajstić information content (AvgIpc) is 3.51. The van der Waals surface area contributed by atoms with Crippen molar-refractivity contribution in [2.24, 2.45) is 0 Å². The van der Waals surface area contributed by atoms with Crippen LogP contribution in [0.5, 0.6) is 17.2 Å². The molecule has 6 rings (SSSR count). The van der Waals surface area contributed by atoms with E-state index in [1.807, 2.05) is 0 Å². The maximum atomic E-state index is 14.3. The smallest absolute Gasteiger partial charge is 0.330 e. The monoisotopic (exact) mass is 884 g/mol. The lowest BCUT2D eigenvalue weighted by Crippen LogP contribution is -2.50. The predicted molar refractivity (Wildman–Crippen MR) is 230 cm³/mol. The van der Waals surface area contributed by atoms with E-state index >= 15 is 0 Å². The van der Waals surface area contributed by atoms with Crippen LogP contribution >= 0.6 is 0 Å². The molecule has 0 bridgehead atoms. The van der Waals surface area contributed by atoms with Crippen LogP contribution < -0.4 is 40.3 Å². The van der Waals surface area contributed by atoms with Crippen LogP contribution in [-0.2, 0) is 45.1 Å². The molecule has 0 aliphatic heterocycles. The predicted octanol–water partition coefficient (Wildman–Crippen LogP) is 5.17. The molecule has 0 spiro atoms. The molecule has 0 saturated carbocycles. The summed E-state index contributed by atoms with van der Waals surface area (Å²) in [4.78, 5) is 72.4. The Morgan fingerprint density at radius 1 is 0.531 bits per heavy atom. The number of imidazole rings is 1. The fraction of sp³-hybridized carbons (Fsp3) is 0.239. The van der Waals surface area contributed by atoms with Crippen LogP contribution in [0.25, 0.3) is 11.0 Å². The van der Waals surface area contributed by atoms with Gasteiger partial charge < -0.3 is 34.6 Å². The summed E-state index contributed by atoms with van der Waals surface area (Å²) in [5.74, 6) is -5.22. The lowest BCUT2D eigenvalue weighted by molar-refractivity contribution is -0.128. The van der Waals surface area contributed by atoms with Gasteiger partial charge in [0.25, 0.3) is 0 Å². The van der Waals surface area contributed by atoms with Gasteiger partial charge in [0.2, 0.25) is 23.6 Å². The molecule has 0 saturated heterocycles. The van der Waals surface area contributed by atoms with Gasteiger partial charge in [-0.25, -0.2) is 22.4 Å². The van der Waals surface area contributed by atoms with E-state index in [9.17, 15) is 41.5 Å². The molecule has 2 atom stereocenters. The Kier molecular flexibility index (Phi) is 14.4. The third-order valence-electron chi connectivity index (χ3n) is 10.4. The SMILES string of the molecule is COc1ccc(N(C)C(=O)[C@H](Cc2cc(F)cc(F)c2)NC(=O)Cn2c(=O)n(CC(=O)N[C@@H](Cc3cc(F)cc(F)c3)C(=O)N(C)c3ccc(OC)cc3)c3cc(OC)ccc32)cc1. The molecule has 5 aromatic carbocycles. The van der Waals surface area contributed by atoms with Crippen LogP contribution in [0.4, 0.5) is 28.9 Å². The van der Waals surface area contributed by atoms with Crippen molar-refractivity contribution in [2.75, 3.05) is 45.2 Å². The summed E-state index contributed by atoms with van der Waals surface area (Å²) in [5.41, 5.74) is 0.463. The summed E-state index contributed by atoms with van der Waals surface area (Å²) in [6, 6.07) is 20.1. The van der Waals surface area contributed by atoms with E-state index in [0.717, 1.165) is 33.4 Å². The zero-order chi connectivity index (χ0) is 46.2. The number of amides is 4. The zero-order valence-corrected chi connectivity index (χ0v) is 35.4. The molecule has 0 aliphatic carbocycles. The lowest BCUT2D eigenvalue weighted by atomic mass is 10.0. The van der Waals surface area contributed by atoms with Gasteiger partial charge >= 0.3 is 5.69 Å². The number of nitrogens with one attached hydrogen (secondary N) is 2. The van der Waals surface area contributed by atoms with E-state index in [2.05, 4.69) is 10.6 Å². The third-order valence-corrected chi connectivity index (χ3v) is 10.4. The molecule has 0 aliphatic rings. The standard InChI is InChI=1S/C46H44F4N6O8/c1-53(33-6-10-35(62-3)11-7-33)44(59)38(20-27-16-29(47)22-30(48)17-27)51-42(57)25-55-40-15-14-37(64-5)24-41(40)56(46(55)61)26-43(58)52-39(21-28-18-31(49)23-32(50)19-28)45(60)54(2)34-8-12-36(63-4)13-9-34/h6-19,22-24,38-39H,20-21,25-26H2,1-5H3,(H,51,57)(H,52,58)/t38-,39-/m0/s1. The van der Waals surface area contributed by atoms with Crippen molar-refractivity contribution >= 4 is 46.0 Å². The molecule has 0 radical (unpaired) electrons. The maximum absolute atomic E-state index is 14.3. The third kappa shape index (κ3) is 10.9. The highest BCUT2D eigenvalue weighted by molar-refractivity contribution is 6.00. The number of rotatable bonds is 17. The molecule has 4 amide bonds. The van der Waals surface area contributed by atoms with E-state index in [4.69, 9.17) is 14.2 Å². The summed E-state index contributed by atoms with van der Waals surface area (Å²) in [6.07, 6.45) is -0.663. The molecule has 6 aromatic rings. The second kappa shape index (κ2) is 20.0. The molecule has 14 nitrogen and oxygen atoms in total. The van der Waals surface area contributed by atoms with Crippen LogP contribution in [0.1, 0.15) is 11.1 Å². The van der Waals surface area contributed by atoms with Crippen molar-refractivity contribution in [2.45, 2.75) is 38.0 Å². The first-order chi connectivity index (χ1) is 30.6. The Labute approximate surface area is 364 Å². The fourth-order valence-corrected chi connectivity index (χ4v) is 7.16. The van der Waals surface area contributed by atoms with Gasteiger partial charge in [-0.1, -0.05) is 0 Å². The Morgan fingerprint density at radius 2 is 0.891 bits per heavy atom. The normalized spacial score (nSPS) is 12.0. The number of methoxy groups -OCH3 is 3. The number of fused-ring (bicyclic) bond motifs is 1. The Hall–Kier alpha value is -7.63. The summed E-state index contributed by atoms with van der Waals surface area (Å²) < 4.78 is 75.0. The highest BCUT2D eigenvalue weighted by atomic mass is 19.1. The lowest BCUT2D eigenvalue weighted by Gasteiger charge is -2.25. The maximum Gasteiger partial charge on any atom is 0.330 e. The second-order valence-electron chi connectivity index (χ2n) is 14.7. The van der Waals surface area contributed by atoms with Crippen LogP contribution in [0.2, 0.25) is 0 Å². The number of ether oxygens (including phenoxy) is 3. The Morgan fingerprint density at radius 3 is 1.27 bits per heavy atom. The van der Waals surface area contributed by atoms with Gasteiger partial charge in [0.15, 0.2) is 0 Å².